The second-order valence-corrected chi connectivity index (χ2v) is 6.33. The van der Waals surface area contributed by atoms with Crippen molar-refractivity contribution in [3.8, 4) is 0 Å². The molecule has 5 nitrogen and oxygen atoms in total. The Kier molecular flexibility index (Phi) is 4.97. The van der Waals surface area contributed by atoms with Crippen LogP contribution in [0.3, 0.4) is 0 Å². The van der Waals surface area contributed by atoms with Gasteiger partial charge < -0.3 is 9.80 Å². The summed E-state index contributed by atoms with van der Waals surface area (Å²) in [6.07, 6.45) is 0. The molecule has 0 bridgehead atoms. The molecule has 2 aromatic carbocycles. The Hall–Kier alpha value is -2.18. The van der Waals surface area contributed by atoms with Crippen molar-refractivity contribution in [2.45, 2.75) is 6.54 Å². The molecule has 1 fully saturated rings. The summed E-state index contributed by atoms with van der Waals surface area (Å²) < 4.78 is 13.9. The van der Waals surface area contributed by atoms with Crippen LogP contribution >= 0.6 is 11.6 Å². The first-order valence-corrected chi connectivity index (χ1v) is 8.18. The molecule has 3 rings (SSSR count). The lowest BCUT2D eigenvalue weighted by Gasteiger charge is -2.33. The quantitative estimate of drug-likeness (QED) is 0.680. The lowest BCUT2D eigenvalue weighted by Crippen LogP contribution is -3.13. The number of nitrogens with one attached hydrogen (secondary N) is 1. The van der Waals surface area contributed by atoms with Crippen molar-refractivity contribution in [2.75, 3.05) is 31.1 Å². The molecule has 0 unspecified atom stereocenters. The number of quaternary nitrogens is 1. The van der Waals surface area contributed by atoms with Crippen molar-refractivity contribution >= 4 is 23.0 Å². The molecule has 1 heterocycles. The van der Waals surface area contributed by atoms with E-state index in [9.17, 15) is 14.5 Å². The van der Waals surface area contributed by atoms with E-state index in [2.05, 4.69) is 0 Å². The van der Waals surface area contributed by atoms with Crippen LogP contribution in [0.4, 0.5) is 15.8 Å². The van der Waals surface area contributed by atoms with Crippen molar-refractivity contribution in [2.24, 2.45) is 0 Å². The van der Waals surface area contributed by atoms with Gasteiger partial charge in [0.1, 0.15) is 12.4 Å². The number of nitrogens with zero attached hydrogens (tertiary/aromatic N) is 2. The minimum Gasteiger partial charge on any atom is -0.358 e. The number of piperazine rings is 1. The molecule has 2 aromatic rings. The fourth-order valence-electron chi connectivity index (χ4n) is 3.09. The molecule has 7 heteroatoms. The minimum atomic E-state index is -0.374. The van der Waals surface area contributed by atoms with E-state index in [1.807, 2.05) is 11.0 Å². The van der Waals surface area contributed by atoms with Crippen LogP contribution in [0.2, 0.25) is 5.02 Å². The van der Waals surface area contributed by atoms with Crippen molar-refractivity contribution in [3.05, 3.63) is 69.0 Å². The summed E-state index contributed by atoms with van der Waals surface area (Å²) in [5.74, 6) is -0.216. The normalized spacial score (nSPS) is 15.5. The number of hydrogen-bond donors (Lipinski definition) is 1. The van der Waals surface area contributed by atoms with Gasteiger partial charge in [0.05, 0.1) is 42.4 Å². The van der Waals surface area contributed by atoms with Crippen LogP contribution in [0.25, 0.3) is 0 Å². The Labute approximate surface area is 144 Å². The minimum absolute atomic E-state index is 0.100. The molecular formula is C17H18ClFN3O2+. The van der Waals surface area contributed by atoms with Gasteiger partial charge in [0, 0.05) is 11.1 Å². The van der Waals surface area contributed by atoms with Gasteiger partial charge >= 0.3 is 0 Å². The first kappa shape index (κ1) is 16.7. The van der Waals surface area contributed by atoms with E-state index in [1.54, 1.807) is 18.2 Å². The first-order valence-electron chi connectivity index (χ1n) is 7.80. The van der Waals surface area contributed by atoms with Crippen LogP contribution in [-0.2, 0) is 6.54 Å². The number of para-hydroxylation sites is 1. The van der Waals surface area contributed by atoms with Crippen molar-refractivity contribution in [1.29, 1.82) is 0 Å². The summed E-state index contributed by atoms with van der Waals surface area (Å²) in [6, 6.07) is 11.4. The van der Waals surface area contributed by atoms with Crippen LogP contribution in [0.5, 0.6) is 0 Å². The standard InChI is InChI=1S/C17H17ClFN3O2/c18-14-5-6-16(22(23)24)13(11-14)12-20-7-9-21(10-8-20)17-4-2-1-3-15(17)19/h1-6,11H,7-10,12H2/p+1. The lowest BCUT2D eigenvalue weighted by molar-refractivity contribution is -0.914. The van der Waals surface area contributed by atoms with E-state index < -0.39 is 0 Å². The largest absolute Gasteiger partial charge is 0.358 e. The number of rotatable bonds is 4. The van der Waals surface area contributed by atoms with Gasteiger partial charge in [-0.25, -0.2) is 4.39 Å². The molecule has 1 saturated heterocycles. The van der Waals surface area contributed by atoms with Gasteiger partial charge in [-0.1, -0.05) is 23.7 Å². The number of halogens is 2. The number of nitro groups is 1. The number of benzene rings is 2. The highest BCUT2D eigenvalue weighted by atomic mass is 35.5. The maximum Gasteiger partial charge on any atom is 0.278 e. The smallest absolute Gasteiger partial charge is 0.278 e. The summed E-state index contributed by atoms with van der Waals surface area (Å²) in [6.45, 7) is 3.55. The Bertz CT molecular complexity index is 748. The van der Waals surface area contributed by atoms with E-state index in [-0.39, 0.29) is 16.4 Å². The van der Waals surface area contributed by atoms with Gasteiger partial charge in [-0.2, -0.15) is 0 Å². The van der Waals surface area contributed by atoms with Gasteiger partial charge in [0.25, 0.3) is 5.69 Å². The highest BCUT2D eigenvalue weighted by molar-refractivity contribution is 6.30. The third-order valence-corrected chi connectivity index (χ3v) is 4.58. The second kappa shape index (κ2) is 7.15. The molecule has 0 atom stereocenters. The third-order valence-electron chi connectivity index (χ3n) is 4.34. The summed E-state index contributed by atoms with van der Waals surface area (Å²) in [5, 5.41) is 11.7. The van der Waals surface area contributed by atoms with E-state index in [1.165, 1.54) is 23.1 Å². The predicted octanol–water partition coefficient (Wildman–Crippen LogP) is 2.29. The monoisotopic (exact) mass is 350 g/mol. The lowest BCUT2D eigenvalue weighted by atomic mass is 10.1. The Morgan fingerprint density at radius 1 is 1.21 bits per heavy atom. The summed E-state index contributed by atoms with van der Waals surface area (Å²) in [4.78, 5) is 14.0. The predicted molar refractivity (Wildman–Crippen MR) is 91.1 cm³/mol. The van der Waals surface area contributed by atoms with Gasteiger partial charge in [-0.3, -0.25) is 10.1 Å². The maximum atomic E-state index is 13.9. The number of anilines is 1. The molecule has 0 radical (unpaired) electrons. The molecule has 0 saturated carbocycles. The van der Waals surface area contributed by atoms with Crippen LogP contribution in [0.15, 0.2) is 42.5 Å². The Morgan fingerprint density at radius 2 is 1.92 bits per heavy atom. The molecule has 1 N–H and O–H groups in total. The summed E-state index contributed by atoms with van der Waals surface area (Å²) in [5.41, 5.74) is 1.36. The van der Waals surface area contributed by atoms with Gasteiger partial charge in [-0.05, 0) is 24.3 Å². The molecule has 126 valence electrons. The zero-order valence-electron chi connectivity index (χ0n) is 13.0. The van der Waals surface area contributed by atoms with Crippen LogP contribution in [0.1, 0.15) is 5.56 Å². The zero-order valence-corrected chi connectivity index (χ0v) is 13.8. The molecular weight excluding hydrogens is 333 g/mol. The number of nitro benzene ring substituents is 1. The fourth-order valence-corrected chi connectivity index (χ4v) is 3.29. The Balaban J connectivity index is 1.67. The molecule has 1 aliphatic heterocycles. The van der Waals surface area contributed by atoms with Crippen molar-refractivity contribution < 1.29 is 14.2 Å². The van der Waals surface area contributed by atoms with E-state index in [0.29, 0.717) is 35.9 Å². The third kappa shape index (κ3) is 3.66. The SMILES string of the molecule is O=[N+]([O-])c1ccc(Cl)cc1C[NH+]1CCN(c2ccccc2F)CC1. The Morgan fingerprint density at radius 3 is 2.58 bits per heavy atom. The van der Waals surface area contributed by atoms with Crippen LogP contribution in [0, 0.1) is 15.9 Å². The highest BCUT2D eigenvalue weighted by Crippen LogP contribution is 2.22. The molecule has 1 aliphatic rings. The average Bonchev–Trinajstić information content (AvgIpc) is 2.56. The maximum absolute atomic E-state index is 13.9. The van der Waals surface area contributed by atoms with Gasteiger partial charge in [-0.15, -0.1) is 0 Å². The average molecular weight is 351 g/mol. The first-order chi connectivity index (χ1) is 11.5. The van der Waals surface area contributed by atoms with Crippen LogP contribution < -0.4 is 9.80 Å². The van der Waals surface area contributed by atoms with Crippen molar-refractivity contribution in [3.63, 3.8) is 0 Å². The molecule has 0 spiro atoms. The number of hydrogen-bond acceptors (Lipinski definition) is 3. The van der Waals surface area contributed by atoms with Gasteiger partial charge in [0.2, 0.25) is 0 Å². The zero-order chi connectivity index (χ0) is 17.1. The topological polar surface area (TPSA) is 50.8 Å². The highest BCUT2D eigenvalue weighted by Gasteiger charge is 2.25. The molecule has 24 heavy (non-hydrogen) atoms. The summed E-state index contributed by atoms with van der Waals surface area (Å²) >= 11 is 5.98. The molecule has 0 aliphatic carbocycles. The molecule has 0 amide bonds. The van der Waals surface area contributed by atoms with Crippen molar-refractivity contribution in [1.82, 2.24) is 0 Å². The van der Waals surface area contributed by atoms with E-state index in [4.69, 9.17) is 11.6 Å². The fraction of sp³-hybridized carbons (Fsp3) is 0.294. The van der Waals surface area contributed by atoms with Crippen LogP contribution in [-0.4, -0.2) is 31.1 Å². The van der Waals surface area contributed by atoms with Gasteiger partial charge in [0.15, 0.2) is 0 Å². The second-order valence-electron chi connectivity index (χ2n) is 5.90. The summed E-state index contributed by atoms with van der Waals surface area (Å²) in [7, 11) is 0. The van der Waals surface area contributed by atoms with E-state index in [0.717, 1.165) is 13.1 Å². The molecule has 0 aromatic heterocycles. The van der Waals surface area contributed by atoms with E-state index >= 15 is 0 Å².